The first-order chi connectivity index (χ1) is 12.0. The quantitative estimate of drug-likeness (QED) is 0.737. The lowest BCUT2D eigenvalue weighted by Crippen LogP contribution is -3.15. The number of rotatable bonds is 6. The van der Waals surface area contributed by atoms with Crippen LogP contribution in [0, 0.1) is 0 Å². The van der Waals surface area contributed by atoms with Crippen LogP contribution in [0.25, 0.3) is 0 Å². The van der Waals surface area contributed by atoms with Gasteiger partial charge < -0.3 is 15.0 Å². The molecule has 6 nitrogen and oxygen atoms in total. The molecule has 0 radical (unpaired) electrons. The summed E-state index contributed by atoms with van der Waals surface area (Å²) in [6, 6.07) is 6.32. The van der Waals surface area contributed by atoms with E-state index in [1.54, 1.807) is 36.1 Å². The van der Waals surface area contributed by atoms with E-state index in [1.807, 2.05) is 0 Å². The lowest BCUT2D eigenvalue weighted by Gasteiger charge is -2.31. The highest BCUT2D eigenvalue weighted by atomic mass is 32.2. The molecule has 0 aromatic heterocycles. The second-order valence-corrected chi connectivity index (χ2v) is 6.63. The van der Waals surface area contributed by atoms with E-state index >= 15 is 0 Å². The summed E-state index contributed by atoms with van der Waals surface area (Å²) in [5, 5.41) is 2.76. The normalized spacial score (nSPS) is 15.3. The molecular formula is C16H22F2N3O3S+. The molecule has 1 saturated heterocycles. The highest BCUT2D eigenvalue weighted by Gasteiger charge is 2.25. The van der Waals surface area contributed by atoms with Crippen molar-refractivity contribution < 1.29 is 28.0 Å². The molecule has 1 aromatic rings. The van der Waals surface area contributed by atoms with Gasteiger partial charge in [0.15, 0.2) is 6.54 Å². The number of piperazine rings is 1. The molecule has 9 heteroatoms. The monoisotopic (exact) mass is 374 g/mol. The molecule has 2 amide bonds. The molecule has 0 spiro atoms. The standard InChI is InChI=1S/C16H21F2N3O3S/c1-2-24-16(23)21-9-7-20(8-10-21)11-14(22)19-12-3-5-13(6-4-12)25-15(17)18/h3-6,15H,2,7-11H2,1H3,(H,19,22)/p+1. The van der Waals surface area contributed by atoms with Gasteiger partial charge in [-0.25, -0.2) is 4.79 Å². The minimum atomic E-state index is -2.46. The molecule has 1 fully saturated rings. The van der Waals surface area contributed by atoms with Gasteiger partial charge in [-0.1, -0.05) is 11.8 Å². The highest BCUT2D eigenvalue weighted by molar-refractivity contribution is 7.99. The van der Waals surface area contributed by atoms with Gasteiger partial charge in [0.2, 0.25) is 0 Å². The fourth-order valence-corrected chi connectivity index (χ4v) is 3.05. The Balaban J connectivity index is 1.75. The van der Waals surface area contributed by atoms with Crippen LogP contribution in [0.4, 0.5) is 19.3 Å². The topological polar surface area (TPSA) is 63.1 Å². The summed E-state index contributed by atoms with van der Waals surface area (Å²) >= 11 is 0.468. The van der Waals surface area contributed by atoms with E-state index in [2.05, 4.69) is 5.32 Å². The van der Waals surface area contributed by atoms with Crippen molar-refractivity contribution >= 4 is 29.4 Å². The summed E-state index contributed by atoms with van der Waals surface area (Å²) in [6.45, 7) is 4.88. The average Bonchev–Trinajstić information content (AvgIpc) is 2.57. The third-order valence-electron chi connectivity index (χ3n) is 3.77. The Kier molecular flexibility index (Phi) is 7.45. The molecule has 0 atom stereocenters. The summed E-state index contributed by atoms with van der Waals surface area (Å²) < 4.78 is 29.5. The van der Waals surface area contributed by atoms with Gasteiger partial charge in [0.25, 0.3) is 11.7 Å². The Labute approximate surface area is 149 Å². The van der Waals surface area contributed by atoms with E-state index in [0.717, 1.165) is 4.90 Å². The molecule has 2 rings (SSSR count). The largest absolute Gasteiger partial charge is 0.450 e. The van der Waals surface area contributed by atoms with Crippen molar-refractivity contribution in [2.24, 2.45) is 0 Å². The predicted octanol–water partition coefficient (Wildman–Crippen LogP) is 1.30. The molecule has 0 bridgehead atoms. The van der Waals surface area contributed by atoms with Gasteiger partial charge in [-0.3, -0.25) is 9.69 Å². The summed E-state index contributed by atoms with van der Waals surface area (Å²) in [5.41, 5.74) is 0.577. The van der Waals surface area contributed by atoms with Crippen LogP contribution in [-0.2, 0) is 9.53 Å². The zero-order valence-electron chi connectivity index (χ0n) is 14.0. The van der Waals surface area contributed by atoms with E-state index in [0.29, 0.717) is 61.7 Å². The molecule has 1 aliphatic rings. The van der Waals surface area contributed by atoms with Gasteiger partial charge >= 0.3 is 6.09 Å². The maximum atomic E-state index is 12.3. The second kappa shape index (κ2) is 9.57. The van der Waals surface area contributed by atoms with Gasteiger partial charge in [0, 0.05) is 10.6 Å². The lowest BCUT2D eigenvalue weighted by molar-refractivity contribution is -0.895. The number of thioether (sulfide) groups is 1. The maximum Gasteiger partial charge on any atom is 0.410 e. The van der Waals surface area contributed by atoms with Crippen LogP contribution >= 0.6 is 11.8 Å². The Morgan fingerprint density at radius 1 is 1.28 bits per heavy atom. The molecule has 0 aliphatic carbocycles. The number of hydrogen-bond acceptors (Lipinski definition) is 4. The minimum Gasteiger partial charge on any atom is -0.450 e. The number of halogens is 2. The van der Waals surface area contributed by atoms with Crippen LogP contribution in [0.1, 0.15) is 6.92 Å². The Bertz CT molecular complexity index is 578. The molecule has 25 heavy (non-hydrogen) atoms. The molecule has 0 saturated carbocycles. The van der Waals surface area contributed by atoms with Gasteiger partial charge in [-0.2, -0.15) is 8.78 Å². The van der Waals surface area contributed by atoms with Crippen LogP contribution in [0.3, 0.4) is 0 Å². The smallest absolute Gasteiger partial charge is 0.410 e. The maximum absolute atomic E-state index is 12.3. The second-order valence-electron chi connectivity index (χ2n) is 5.56. The van der Waals surface area contributed by atoms with Crippen molar-refractivity contribution in [3.63, 3.8) is 0 Å². The lowest BCUT2D eigenvalue weighted by atomic mass is 10.3. The number of alkyl halides is 2. The van der Waals surface area contributed by atoms with Crippen LogP contribution in [0.5, 0.6) is 0 Å². The number of carbonyl (C=O) groups is 2. The van der Waals surface area contributed by atoms with Crippen molar-refractivity contribution in [3.05, 3.63) is 24.3 Å². The third-order valence-corrected chi connectivity index (χ3v) is 4.49. The van der Waals surface area contributed by atoms with Crippen molar-refractivity contribution in [1.82, 2.24) is 4.90 Å². The summed E-state index contributed by atoms with van der Waals surface area (Å²) in [7, 11) is 0. The number of quaternary nitrogens is 1. The first-order valence-electron chi connectivity index (χ1n) is 8.08. The van der Waals surface area contributed by atoms with Crippen molar-refractivity contribution in [3.8, 4) is 0 Å². The highest BCUT2D eigenvalue weighted by Crippen LogP contribution is 2.26. The number of carbonyl (C=O) groups excluding carboxylic acids is 2. The number of nitrogens with one attached hydrogen (secondary N) is 2. The summed E-state index contributed by atoms with van der Waals surface area (Å²) in [4.78, 5) is 26.9. The number of ether oxygens (including phenoxy) is 1. The fourth-order valence-electron chi connectivity index (χ4n) is 2.55. The average molecular weight is 374 g/mol. The molecule has 2 N–H and O–H groups in total. The van der Waals surface area contributed by atoms with E-state index < -0.39 is 5.76 Å². The van der Waals surface area contributed by atoms with Crippen LogP contribution in [-0.4, -0.2) is 62.0 Å². The molecule has 1 aliphatic heterocycles. The molecular weight excluding hydrogens is 352 g/mol. The van der Waals surface area contributed by atoms with E-state index in [-0.39, 0.29) is 12.0 Å². The fraction of sp³-hybridized carbons (Fsp3) is 0.500. The van der Waals surface area contributed by atoms with E-state index in [4.69, 9.17) is 4.74 Å². The third kappa shape index (κ3) is 6.50. The number of benzene rings is 1. The number of hydrogen-bond donors (Lipinski definition) is 2. The van der Waals surface area contributed by atoms with E-state index in [1.165, 1.54) is 0 Å². The summed E-state index contributed by atoms with van der Waals surface area (Å²) in [6.07, 6.45) is -0.312. The van der Waals surface area contributed by atoms with Crippen molar-refractivity contribution in [2.75, 3.05) is 44.6 Å². The van der Waals surface area contributed by atoms with Gasteiger partial charge in [0.1, 0.15) is 0 Å². The number of anilines is 1. The first-order valence-corrected chi connectivity index (χ1v) is 8.96. The SMILES string of the molecule is CCOC(=O)N1CC[NH+](CC(=O)Nc2ccc(SC(F)F)cc2)CC1. The van der Waals surface area contributed by atoms with E-state index in [9.17, 15) is 18.4 Å². The van der Waals surface area contributed by atoms with Gasteiger partial charge in [-0.15, -0.1) is 0 Å². The van der Waals surface area contributed by atoms with Crippen LogP contribution < -0.4 is 10.2 Å². The first kappa shape index (κ1) is 19.5. The van der Waals surface area contributed by atoms with Gasteiger partial charge in [-0.05, 0) is 31.2 Å². The van der Waals surface area contributed by atoms with Crippen molar-refractivity contribution in [2.45, 2.75) is 17.6 Å². The molecule has 1 aromatic carbocycles. The van der Waals surface area contributed by atoms with Crippen molar-refractivity contribution in [1.29, 1.82) is 0 Å². The predicted molar refractivity (Wildman–Crippen MR) is 91.1 cm³/mol. The number of nitrogens with zero attached hydrogens (tertiary/aromatic N) is 1. The minimum absolute atomic E-state index is 0.145. The summed E-state index contributed by atoms with van der Waals surface area (Å²) in [5.74, 6) is -2.61. The number of amides is 2. The zero-order chi connectivity index (χ0) is 18.2. The molecule has 1 heterocycles. The molecule has 0 unspecified atom stereocenters. The zero-order valence-corrected chi connectivity index (χ0v) is 14.8. The Morgan fingerprint density at radius 3 is 2.48 bits per heavy atom. The van der Waals surface area contributed by atoms with Gasteiger partial charge in [0.05, 0.1) is 32.8 Å². The Morgan fingerprint density at radius 2 is 1.92 bits per heavy atom. The molecule has 138 valence electrons. The Hall–Kier alpha value is -1.87. The van der Waals surface area contributed by atoms with Crippen LogP contribution in [0.2, 0.25) is 0 Å². The van der Waals surface area contributed by atoms with Crippen LogP contribution in [0.15, 0.2) is 29.2 Å².